The molecule has 1 aromatic heterocycles. The molecule has 1 fully saturated rings. The normalized spacial score (nSPS) is 18.6. The Bertz CT molecular complexity index is 818. The number of para-hydroxylation sites is 1. The zero-order chi connectivity index (χ0) is 17.6. The Morgan fingerprint density at radius 3 is 2.64 bits per heavy atom. The standard InChI is InChI=1S/C20H25N3O2/c1-14-16(15(2)22(3)21-14)12-19(24)23-13-20(8-10-25-11-9-20)17-6-4-5-7-18(17)23/h4-7H,8-13H2,1-3H3. The van der Waals surface area contributed by atoms with Crippen molar-refractivity contribution in [2.75, 3.05) is 24.7 Å². The fraction of sp³-hybridized carbons (Fsp3) is 0.500. The maximum atomic E-state index is 13.2. The van der Waals surface area contributed by atoms with Crippen molar-refractivity contribution in [2.24, 2.45) is 7.05 Å². The van der Waals surface area contributed by atoms with Crippen LogP contribution in [0.4, 0.5) is 5.69 Å². The molecule has 25 heavy (non-hydrogen) atoms. The number of benzene rings is 1. The van der Waals surface area contributed by atoms with Gasteiger partial charge in [-0.1, -0.05) is 18.2 Å². The zero-order valence-electron chi connectivity index (χ0n) is 15.2. The summed E-state index contributed by atoms with van der Waals surface area (Å²) in [6.45, 7) is 6.33. The molecule has 0 saturated carbocycles. The van der Waals surface area contributed by atoms with Crippen molar-refractivity contribution in [1.82, 2.24) is 9.78 Å². The molecular formula is C20H25N3O2. The fourth-order valence-corrected chi connectivity index (χ4v) is 4.36. The van der Waals surface area contributed by atoms with E-state index in [1.807, 2.05) is 36.5 Å². The Balaban J connectivity index is 1.65. The molecule has 2 aliphatic heterocycles. The highest BCUT2D eigenvalue weighted by atomic mass is 16.5. The molecule has 0 unspecified atom stereocenters. The van der Waals surface area contributed by atoms with E-state index in [4.69, 9.17) is 4.74 Å². The van der Waals surface area contributed by atoms with Gasteiger partial charge in [-0.3, -0.25) is 9.48 Å². The highest BCUT2D eigenvalue weighted by Crippen LogP contribution is 2.46. The summed E-state index contributed by atoms with van der Waals surface area (Å²) in [6.07, 6.45) is 2.38. The van der Waals surface area contributed by atoms with Gasteiger partial charge in [-0.05, 0) is 38.3 Å². The molecule has 1 amide bonds. The van der Waals surface area contributed by atoms with Crippen molar-refractivity contribution < 1.29 is 9.53 Å². The molecule has 3 heterocycles. The average Bonchev–Trinajstić information content (AvgIpc) is 3.06. The molecule has 0 radical (unpaired) electrons. The molecule has 5 heteroatoms. The van der Waals surface area contributed by atoms with E-state index < -0.39 is 0 Å². The Kier molecular flexibility index (Phi) is 3.91. The van der Waals surface area contributed by atoms with Crippen LogP contribution in [0.15, 0.2) is 24.3 Å². The van der Waals surface area contributed by atoms with Crippen LogP contribution in [0.25, 0.3) is 0 Å². The van der Waals surface area contributed by atoms with Gasteiger partial charge in [0.05, 0.1) is 12.1 Å². The number of nitrogens with zero attached hydrogens (tertiary/aromatic N) is 3. The zero-order valence-corrected chi connectivity index (χ0v) is 15.2. The molecule has 0 N–H and O–H groups in total. The third-order valence-corrected chi connectivity index (χ3v) is 5.96. The summed E-state index contributed by atoms with van der Waals surface area (Å²) in [5.74, 6) is 0.162. The molecule has 2 aromatic rings. The van der Waals surface area contributed by atoms with Crippen molar-refractivity contribution in [2.45, 2.75) is 38.5 Å². The van der Waals surface area contributed by atoms with Gasteiger partial charge in [-0.2, -0.15) is 5.10 Å². The minimum Gasteiger partial charge on any atom is -0.381 e. The molecule has 5 nitrogen and oxygen atoms in total. The number of hydrogen-bond acceptors (Lipinski definition) is 3. The van der Waals surface area contributed by atoms with Gasteiger partial charge >= 0.3 is 0 Å². The summed E-state index contributed by atoms with van der Waals surface area (Å²) in [5, 5.41) is 4.45. The second kappa shape index (κ2) is 5.99. The summed E-state index contributed by atoms with van der Waals surface area (Å²) >= 11 is 0. The van der Waals surface area contributed by atoms with Crippen LogP contribution in [0.3, 0.4) is 0 Å². The van der Waals surface area contributed by atoms with Crippen LogP contribution >= 0.6 is 0 Å². The van der Waals surface area contributed by atoms with Crippen molar-refractivity contribution in [3.8, 4) is 0 Å². The summed E-state index contributed by atoms with van der Waals surface area (Å²) in [6, 6.07) is 8.38. The summed E-state index contributed by atoms with van der Waals surface area (Å²) < 4.78 is 7.44. The van der Waals surface area contributed by atoms with E-state index in [9.17, 15) is 4.79 Å². The largest absolute Gasteiger partial charge is 0.381 e. The average molecular weight is 339 g/mol. The number of carbonyl (C=O) groups excluding carboxylic acids is 1. The van der Waals surface area contributed by atoms with Crippen LogP contribution < -0.4 is 4.90 Å². The number of ether oxygens (including phenoxy) is 1. The smallest absolute Gasteiger partial charge is 0.231 e. The van der Waals surface area contributed by atoms with Crippen LogP contribution in [0.1, 0.15) is 35.4 Å². The van der Waals surface area contributed by atoms with Gasteiger partial charge in [0, 0.05) is 49.2 Å². The van der Waals surface area contributed by atoms with Crippen molar-refractivity contribution in [1.29, 1.82) is 0 Å². The molecule has 1 saturated heterocycles. The Hall–Kier alpha value is -2.14. The number of aryl methyl sites for hydroxylation is 2. The molecule has 1 spiro atoms. The Morgan fingerprint density at radius 2 is 1.96 bits per heavy atom. The van der Waals surface area contributed by atoms with E-state index in [0.29, 0.717) is 6.42 Å². The van der Waals surface area contributed by atoms with Crippen LogP contribution in [0.5, 0.6) is 0 Å². The second-order valence-electron chi connectivity index (χ2n) is 7.34. The lowest BCUT2D eigenvalue weighted by atomic mass is 9.76. The van der Waals surface area contributed by atoms with Crippen molar-refractivity contribution in [3.63, 3.8) is 0 Å². The minimum atomic E-state index is 0.0591. The lowest BCUT2D eigenvalue weighted by molar-refractivity contribution is -0.118. The monoisotopic (exact) mass is 339 g/mol. The number of carbonyl (C=O) groups is 1. The number of amides is 1. The van der Waals surface area contributed by atoms with Crippen molar-refractivity contribution in [3.05, 3.63) is 46.8 Å². The van der Waals surface area contributed by atoms with Crippen LogP contribution in [0.2, 0.25) is 0 Å². The summed E-state index contributed by atoms with van der Waals surface area (Å²) in [4.78, 5) is 15.2. The number of anilines is 1. The first kappa shape index (κ1) is 16.3. The Labute approximate surface area is 148 Å². The van der Waals surface area contributed by atoms with E-state index in [2.05, 4.69) is 23.3 Å². The fourth-order valence-electron chi connectivity index (χ4n) is 4.36. The SMILES string of the molecule is Cc1nn(C)c(C)c1CC(=O)N1CC2(CCOCC2)c2ccccc21. The van der Waals surface area contributed by atoms with E-state index in [1.54, 1.807) is 0 Å². The van der Waals surface area contributed by atoms with E-state index in [0.717, 1.165) is 55.2 Å². The third kappa shape index (κ3) is 2.58. The lowest BCUT2D eigenvalue weighted by Crippen LogP contribution is -2.41. The third-order valence-electron chi connectivity index (χ3n) is 5.96. The number of fused-ring (bicyclic) bond motifs is 2. The second-order valence-corrected chi connectivity index (χ2v) is 7.34. The van der Waals surface area contributed by atoms with Gasteiger partial charge in [0.15, 0.2) is 0 Å². The van der Waals surface area contributed by atoms with E-state index in [1.165, 1.54) is 5.56 Å². The van der Waals surface area contributed by atoms with Gasteiger partial charge in [0.25, 0.3) is 0 Å². The van der Waals surface area contributed by atoms with E-state index in [-0.39, 0.29) is 11.3 Å². The molecule has 0 atom stereocenters. The van der Waals surface area contributed by atoms with Crippen molar-refractivity contribution >= 4 is 11.6 Å². The molecule has 0 aliphatic carbocycles. The van der Waals surface area contributed by atoms with Gasteiger partial charge in [-0.15, -0.1) is 0 Å². The first-order chi connectivity index (χ1) is 12.0. The molecular weight excluding hydrogens is 314 g/mol. The van der Waals surface area contributed by atoms with Gasteiger partial charge in [0.2, 0.25) is 5.91 Å². The minimum absolute atomic E-state index is 0.0591. The first-order valence-electron chi connectivity index (χ1n) is 8.98. The molecule has 2 aliphatic rings. The number of hydrogen-bond donors (Lipinski definition) is 0. The van der Waals surface area contributed by atoms with Gasteiger partial charge < -0.3 is 9.64 Å². The lowest BCUT2D eigenvalue weighted by Gasteiger charge is -2.34. The maximum Gasteiger partial charge on any atom is 0.231 e. The van der Waals surface area contributed by atoms with Crippen LogP contribution in [-0.4, -0.2) is 35.4 Å². The molecule has 1 aromatic carbocycles. The Morgan fingerprint density at radius 1 is 1.24 bits per heavy atom. The van der Waals surface area contributed by atoms with Crippen LogP contribution in [0, 0.1) is 13.8 Å². The molecule has 4 rings (SSSR count). The quantitative estimate of drug-likeness (QED) is 0.845. The van der Waals surface area contributed by atoms with Gasteiger partial charge in [-0.25, -0.2) is 0 Å². The molecule has 0 bridgehead atoms. The summed E-state index contributed by atoms with van der Waals surface area (Å²) in [5.41, 5.74) is 5.52. The maximum absolute atomic E-state index is 13.2. The predicted octanol–water partition coefficient (Wildman–Crippen LogP) is 2.67. The van der Waals surface area contributed by atoms with E-state index >= 15 is 0 Å². The summed E-state index contributed by atoms with van der Waals surface area (Å²) in [7, 11) is 1.93. The molecule has 132 valence electrons. The predicted molar refractivity (Wildman–Crippen MR) is 96.9 cm³/mol. The number of rotatable bonds is 2. The number of aromatic nitrogens is 2. The van der Waals surface area contributed by atoms with Gasteiger partial charge in [0.1, 0.15) is 0 Å². The highest BCUT2D eigenvalue weighted by Gasteiger charge is 2.45. The highest BCUT2D eigenvalue weighted by molar-refractivity contribution is 5.97. The topological polar surface area (TPSA) is 47.4 Å². The van der Waals surface area contributed by atoms with Crippen LogP contribution in [-0.2, 0) is 28.4 Å². The first-order valence-corrected chi connectivity index (χ1v) is 8.98.